The van der Waals surface area contributed by atoms with Gasteiger partial charge in [0.25, 0.3) is 0 Å². The van der Waals surface area contributed by atoms with E-state index in [-0.39, 0.29) is 24.7 Å². The number of rotatable bonds is 6. The molecule has 0 spiro atoms. The number of anilines is 1. The maximum atomic E-state index is 11.9. The number of carbonyl (C=O) groups is 2. The molecule has 1 amide bonds. The number of thiazole rings is 1. The van der Waals surface area contributed by atoms with E-state index in [4.69, 9.17) is 5.11 Å². The molecule has 2 rings (SSSR count). The summed E-state index contributed by atoms with van der Waals surface area (Å²) in [4.78, 5) is 27.6. The minimum absolute atomic E-state index is 0.0498. The van der Waals surface area contributed by atoms with Crippen molar-refractivity contribution in [3.05, 3.63) is 34.0 Å². The van der Waals surface area contributed by atoms with E-state index < -0.39 is 5.97 Å². The van der Waals surface area contributed by atoms with Gasteiger partial charge in [0, 0.05) is 28.8 Å². The second-order valence-corrected chi connectivity index (χ2v) is 5.77. The molecule has 2 heterocycles. The van der Waals surface area contributed by atoms with Crippen molar-refractivity contribution in [2.45, 2.75) is 18.8 Å². The Bertz CT molecular complexity index is 537. The summed E-state index contributed by atoms with van der Waals surface area (Å²) in [6.07, 6.45) is 1.70. The number of hydrogen-bond donors (Lipinski definition) is 2. The molecule has 0 aromatic carbocycles. The van der Waals surface area contributed by atoms with Crippen LogP contribution in [0.15, 0.2) is 29.1 Å². The molecule has 2 N–H and O–H groups in total. The van der Waals surface area contributed by atoms with Crippen LogP contribution in [0.25, 0.3) is 0 Å². The zero-order valence-corrected chi connectivity index (χ0v) is 11.5. The molecule has 7 heteroatoms. The highest BCUT2D eigenvalue weighted by Crippen LogP contribution is 2.28. The molecule has 0 radical (unpaired) electrons. The number of thiophene rings is 1. The van der Waals surface area contributed by atoms with Gasteiger partial charge in [-0.05, 0) is 11.4 Å². The minimum atomic E-state index is -0.902. The molecule has 0 saturated heterocycles. The van der Waals surface area contributed by atoms with Gasteiger partial charge in [-0.25, -0.2) is 4.98 Å². The van der Waals surface area contributed by atoms with Crippen LogP contribution < -0.4 is 5.32 Å². The summed E-state index contributed by atoms with van der Waals surface area (Å²) in [6, 6.07) is 3.71. The average molecular weight is 296 g/mol. The lowest BCUT2D eigenvalue weighted by molar-refractivity contribution is -0.137. The predicted octanol–water partition coefficient (Wildman–Crippen LogP) is 2.79. The number of aromatic nitrogens is 1. The van der Waals surface area contributed by atoms with E-state index in [9.17, 15) is 9.59 Å². The highest BCUT2D eigenvalue weighted by atomic mass is 32.1. The SMILES string of the molecule is O=C(O)CC(CC(=O)Nc1nccs1)c1cccs1. The van der Waals surface area contributed by atoms with Gasteiger partial charge in [0.05, 0.1) is 6.42 Å². The Morgan fingerprint density at radius 2 is 2.16 bits per heavy atom. The Balaban J connectivity index is 1.99. The molecule has 0 aliphatic heterocycles. The van der Waals surface area contributed by atoms with Crippen LogP contribution in [-0.2, 0) is 9.59 Å². The maximum Gasteiger partial charge on any atom is 0.304 e. The van der Waals surface area contributed by atoms with Gasteiger partial charge in [-0.1, -0.05) is 6.07 Å². The first-order valence-electron chi connectivity index (χ1n) is 5.59. The normalized spacial score (nSPS) is 12.0. The Morgan fingerprint density at radius 1 is 1.32 bits per heavy atom. The quantitative estimate of drug-likeness (QED) is 0.859. The summed E-state index contributed by atoms with van der Waals surface area (Å²) in [6.45, 7) is 0. The van der Waals surface area contributed by atoms with E-state index in [2.05, 4.69) is 10.3 Å². The number of hydrogen-bond acceptors (Lipinski definition) is 5. The predicted molar refractivity (Wildman–Crippen MR) is 74.7 cm³/mol. The van der Waals surface area contributed by atoms with Crippen LogP contribution in [0.5, 0.6) is 0 Å². The van der Waals surface area contributed by atoms with Crippen LogP contribution in [0.3, 0.4) is 0 Å². The molecular formula is C12H12N2O3S2. The second-order valence-electron chi connectivity index (χ2n) is 3.90. The van der Waals surface area contributed by atoms with Gasteiger partial charge in [-0.2, -0.15) is 0 Å². The lowest BCUT2D eigenvalue weighted by Gasteiger charge is -2.12. The minimum Gasteiger partial charge on any atom is -0.481 e. The molecule has 0 aliphatic carbocycles. The number of nitrogens with one attached hydrogen (secondary N) is 1. The molecule has 0 fully saturated rings. The molecule has 2 aromatic heterocycles. The summed E-state index contributed by atoms with van der Waals surface area (Å²) < 4.78 is 0. The Hall–Kier alpha value is -1.73. The molecule has 0 aliphatic rings. The molecule has 100 valence electrons. The highest BCUT2D eigenvalue weighted by molar-refractivity contribution is 7.13. The lowest BCUT2D eigenvalue weighted by atomic mass is 9.99. The van der Waals surface area contributed by atoms with Gasteiger partial charge < -0.3 is 10.4 Å². The number of carboxylic acids is 1. The first-order chi connectivity index (χ1) is 9.15. The molecule has 19 heavy (non-hydrogen) atoms. The van der Waals surface area contributed by atoms with E-state index in [0.29, 0.717) is 5.13 Å². The van der Waals surface area contributed by atoms with E-state index in [0.717, 1.165) is 4.88 Å². The zero-order chi connectivity index (χ0) is 13.7. The fraction of sp³-hybridized carbons (Fsp3) is 0.250. The summed E-state index contributed by atoms with van der Waals surface area (Å²) in [7, 11) is 0. The van der Waals surface area contributed by atoms with Gasteiger partial charge in [0.2, 0.25) is 5.91 Å². The number of carboxylic acid groups (broad SMARTS) is 1. The third-order valence-corrected chi connectivity index (χ3v) is 4.20. The van der Waals surface area contributed by atoms with Crippen molar-refractivity contribution in [1.29, 1.82) is 0 Å². The number of carbonyl (C=O) groups excluding carboxylic acids is 1. The summed E-state index contributed by atoms with van der Waals surface area (Å²) in [5.41, 5.74) is 0. The molecular weight excluding hydrogens is 284 g/mol. The van der Waals surface area contributed by atoms with Crippen LogP contribution in [0.1, 0.15) is 23.6 Å². The van der Waals surface area contributed by atoms with E-state index in [1.54, 1.807) is 11.6 Å². The molecule has 2 aromatic rings. The first kappa shape index (κ1) is 13.7. The maximum absolute atomic E-state index is 11.9. The Labute approximate surface area is 117 Å². The van der Waals surface area contributed by atoms with Crippen molar-refractivity contribution in [1.82, 2.24) is 4.98 Å². The number of amides is 1. The molecule has 5 nitrogen and oxygen atoms in total. The summed E-state index contributed by atoms with van der Waals surface area (Å²) >= 11 is 2.80. The van der Waals surface area contributed by atoms with Crippen molar-refractivity contribution in [2.75, 3.05) is 5.32 Å². The van der Waals surface area contributed by atoms with Crippen molar-refractivity contribution in [3.8, 4) is 0 Å². The molecule has 1 atom stereocenters. The topological polar surface area (TPSA) is 79.3 Å². The number of aliphatic carboxylic acids is 1. The molecule has 0 saturated carbocycles. The van der Waals surface area contributed by atoms with Gasteiger partial charge in [0.1, 0.15) is 0 Å². The third kappa shape index (κ3) is 4.15. The van der Waals surface area contributed by atoms with Crippen molar-refractivity contribution >= 4 is 39.7 Å². The first-order valence-corrected chi connectivity index (χ1v) is 7.35. The Morgan fingerprint density at radius 3 is 2.74 bits per heavy atom. The monoisotopic (exact) mass is 296 g/mol. The standard InChI is InChI=1S/C12H12N2O3S2/c15-10(14-12-13-3-5-19-12)6-8(7-11(16)17)9-2-1-4-18-9/h1-5,8H,6-7H2,(H,16,17)(H,13,14,15). The average Bonchev–Trinajstić information content (AvgIpc) is 2.99. The molecule has 0 bridgehead atoms. The fourth-order valence-electron chi connectivity index (χ4n) is 1.69. The third-order valence-electron chi connectivity index (χ3n) is 2.48. The van der Waals surface area contributed by atoms with Gasteiger partial charge in [-0.3, -0.25) is 9.59 Å². The molecule has 1 unspecified atom stereocenters. The zero-order valence-electron chi connectivity index (χ0n) is 9.91. The van der Waals surface area contributed by atoms with Gasteiger partial charge in [0.15, 0.2) is 5.13 Å². The fourth-order valence-corrected chi connectivity index (χ4v) is 3.06. The smallest absolute Gasteiger partial charge is 0.304 e. The van der Waals surface area contributed by atoms with Gasteiger partial charge in [-0.15, -0.1) is 22.7 Å². The van der Waals surface area contributed by atoms with Crippen LogP contribution in [0, 0.1) is 0 Å². The van der Waals surface area contributed by atoms with Crippen LogP contribution >= 0.6 is 22.7 Å². The van der Waals surface area contributed by atoms with Crippen molar-refractivity contribution < 1.29 is 14.7 Å². The van der Waals surface area contributed by atoms with Crippen LogP contribution in [-0.4, -0.2) is 22.0 Å². The van der Waals surface area contributed by atoms with Crippen LogP contribution in [0.4, 0.5) is 5.13 Å². The van der Waals surface area contributed by atoms with Gasteiger partial charge >= 0.3 is 5.97 Å². The second kappa shape index (κ2) is 6.44. The van der Waals surface area contributed by atoms with Crippen molar-refractivity contribution in [2.24, 2.45) is 0 Å². The summed E-state index contributed by atoms with van der Waals surface area (Å²) in [5.74, 6) is -1.41. The van der Waals surface area contributed by atoms with Crippen LogP contribution in [0.2, 0.25) is 0 Å². The number of nitrogens with zero attached hydrogens (tertiary/aromatic N) is 1. The largest absolute Gasteiger partial charge is 0.481 e. The van der Waals surface area contributed by atoms with E-state index in [1.165, 1.54) is 22.7 Å². The van der Waals surface area contributed by atoms with E-state index in [1.807, 2.05) is 17.5 Å². The highest BCUT2D eigenvalue weighted by Gasteiger charge is 2.20. The van der Waals surface area contributed by atoms with Crippen molar-refractivity contribution in [3.63, 3.8) is 0 Å². The summed E-state index contributed by atoms with van der Waals surface area (Å²) in [5, 5.41) is 15.8. The Kier molecular flexibility index (Phi) is 4.64. The van der Waals surface area contributed by atoms with E-state index >= 15 is 0 Å². The lowest BCUT2D eigenvalue weighted by Crippen LogP contribution is -2.17.